The molecule has 0 amide bonds. The van der Waals surface area contributed by atoms with Gasteiger partial charge in [-0.1, -0.05) is 47.4 Å². The van der Waals surface area contributed by atoms with Crippen molar-refractivity contribution in [3.05, 3.63) is 47.5 Å². The van der Waals surface area contributed by atoms with Crippen LogP contribution in [-0.2, 0) is 6.42 Å². The Morgan fingerprint density at radius 3 is 2.95 bits per heavy atom. The Morgan fingerprint density at radius 2 is 2.24 bits per heavy atom. The van der Waals surface area contributed by atoms with Gasteiger partial charge in [0.25, 0.3) is 0 Å². The Balaban J connectivity index is 1.80. The summed E-state index contributed by atoms with van der Waals surface area (Å²) in [5.41, 5.74) is 1.08. The van der Waals surface area contributed by atoms with Crippen LogP contribution in [0, 0.1) is 6.92 Å². The standard InChI is InChI=1S/C15H18N2O2S2/c1-3-6-12-7-4-5-8-14(12)19-9-13(18)10-20-15-17-16-11(2)21-15/h3-5,7-8,13,18H,1,6,9-10H2,2H3. The molecule has 0 saturated carbocycles. The lowest BCUT2D eigenvalue weighted by Crippen LogP contribution is -2.20. The SMILES string of the molecule is C=CCc1ccccc1OCC(O)CSc1nnc(C)s1. The summed E-state index contributed by atoms with van der Waals surface area (Å²) in [6.45, 7) is 5.91. The van der Waals surface area contributed by atoms with Crippen LogP contribution in [0.15, 0.2) is 41.3 Å². The fourth-order valence-corrected chi connectivity index (χ4v) is 3.45. The molecule has 21 heavy (non-hydrogen) atoms. The normalized spacial score (nSPS) is 12.1. The first-order valence-electron chi connectivity index (χ1n) is 6.61. The van der Waals surface area contributed by atoms with E-state index < -0.39 is 6.10 Å². The molecule has 0 saturated heterocycles. The largest absolute Gasteiger partial charge is 0.491 e. The molecule has 112 valence electrons. The van der Waals surface area contributed by atoms with Crippen molar-refractivity contribution in [2.75, 3.05) is 12.4 Å². The van der Waals surface area contributed by atoms with Gasteiger partial charge in [-0.3, -0.25) is 0 Å². The van der Waals surface area contributed by atoms with Gasteiger partial charge in [-0.15, -0.1) is 16.8 Å². The monoisotopic (exact) mass is 322 g/mol. The van der Waals surface area contributed by atoms with Gasteiger partial charge >= 0.3 is 0 Å². The summed E-state index contributed by atoms with van der Waals surface area (Å²) in [7, 11) is 0. The third kappa shape index (κ3) is 5.15. The molecule has 0 bridgehead atoms. The van der Waals surface area contributed by atoms with Gasteiger partial charge in [-0.2, -0.15) is 0 Å². The maximum atomic E-state index is 9.99. The number of rotatable bonds is 8. The summed E-state index contributed by atoms with van der Waals surface area (Å²) in [5.74, 6) is 1.34. The molecule has 0 radical (unpaired) electrons. The van der Waals surface area contributed by atoms with Crippen molar-refractivity contribution in [1.82, 2.24) is 10.2 Å². The van der Waals surface area contributed by atoms with Gasteiger partial charge in [-0.05, 0) is 25.0 Å². The fraction of sp³-hybridized carbons (Fsp3) is 0.333. The molecule has 6 heteroatoms. The topological polar surface area (TPSA) is 55.2 Å². The fourth-order valence-electron chi connectivity index (χ4n) is 1.71. The number of thioether (sulfide) groups is 1. The zero-order chi connectivity index (χ0) is 15.1. The van der Waals surface area contributed by atoms with Crippen LogP contribution in [0.4, 0.5) is 0 Å². The van der Waals surface area contributed by atoms with E-state index in [0.717, 1.165) is 27.1 Å². The molecule has 2 rings (SSSR count). The Labute approximate surface area is 132 Å². The number of hydrogen-bond acceptors (Lipinski definition) is 6. The van der Waals surface area contributed by atoms with Crippen LogP contribution in [0.3, 0.4) is 0 Å². The van der Waals surface area contributed by atoms with Crippen molar-refractivity contribution < 1.29 is 9.84 Å². The number of aromatic nitrogens is 2. The average Bonchev–Trinajstić information content (AvgIpc) is 2.90. The minimum absolute atomic E-state index is 0.263. The number of para-hydroxylation sites is 1. The zero-order valence-electron chi connectivity index (χ0n) is 11.9. The van der Waals surface area contributed by atoms with Crippen molar-refractivity contribution in [3.63, 3.8) is 0 Å². The Kier molecular flexibility index (Phi) is 6.22. The number of benzene rings is 1. The minimum atomic E-state index is -0.545. The molecule has 0 fully saturated rings. The Hall–Kier alpha value is -1.37. The van der Waals surface area contributed by atoms with Crippen molar-refractivity contribution in [1.29, 1.82) is 0 Å². The predicted octanol–water partition coefficient (Wildman–Crippen LogP) is 3.11. The zero-order valence-corrected chi connectivity index (χ0v) is 13.5. The third-order valence-electron chi connectivity index (χ3n) is 2.67. The third-order valence-corrected chi connectivity index (χ3v) is 4.79. The molecule has 0 aliphatic heterocycles. The highest BCUT2D eigenvalue weighted by Gasteiger charge is 2.10. The summed E-state index contributed by atoms with van der Waals surface area (Å²) in [4.78, 5) is 0. The second-order valence-corrected chi connectivity index (χ2v) is 6.91. The lowest BCUT2D eigenvalue weighted by atomic mass is 10.1. The molecule has 1 atom stereocenters. The first-order valence-corrected chi connectivity index (χ1v) is 8.42. The number of ether oxygens (including phenoxy) is 1. The summed E-state index contributed by atoms with van der Waals surface area (Å²) in [6.07, 6.45) is 2.05. The second-order valence-electron chi connectivity index (χ2n) is 4.46. The number of nitrogens with zero attached hydrogens (tertiary/aromatic N) is 2. The van der Waals surface area contributed by atoms with E-state index in [0.29, 0.717) is 5.75 Å². The number of aliphatic hydroxyl groups excluding tert-OH is 1. The lowest BCUT2D eigenvalue weighted by Gasteiger charge is -2.13. The molecule has 1 heterocycles. The van der Waals surface area contributed by atoms with E-state index in [-0.39, 0.29) is 6.61 Å². The van der Waals surface area contributed by atoms with Gasteiger partial charge in [0.05, 0.1) is 6.10 Å². The second kappa shape index (κ2) is 8.17. The molecule has 1 unspecified atom stereocenters. The van der Waals surface area contributed by atoms with E-state index in [1.807, 2.05) is 37.3 Å². The van der Waals surface area contributed by atoms with E-state index in [2.05, 4.69) is 16.8 Å². The highest BCUT2D eigenvalue weighted by molar-refractivity contribution is 8.01. The maximum absolute atomic E-state index is 9.99. The van der Waals surface area contributed by atoms with Crippen LogP contribution in [0.1, 0.15) is 10.6 Å². The quantitative estimate of drug-likeness (QED) is 0.598. The van der Waals surface area contributed by atoms with Crippen molar-refractivity contribution in [2.24, 2.45) is 0 Å². The minimum Gasteiger partial charge on any atom is -0.491 e. The van der Waals surface area contributed by atoms with E-state index in [9.17, 15) is 5.11 Å². The Bertz CT molecular complexity index is 587. The first kappa shape index (κ1) is 16.0. The summed E-state index contributed by atoms with van der Waals surface area (Å²) in [5, 5.41) is 18.9. The first-order chi connectivity index (χ1) is 10.2. The molecule has 1 aromatic carbocycles. The highest BCUT2D eigenvalue weighted by Crippen LogP contribution is 2.23. The number of aliphatic hydroxyl groups is 1. The molecule has 0 spiro atoms. The van der Waals surface area contributed by atoms with Crippen LogP contribution >= 0.6 is 23.1 Å². The lowest BCUT2D eigenvalue weighted by molar-refractivity contribution is 0.126. The smallest absolute Gasteiger partial charge is 0.174 e. The molecule has 1 N–H and O–H groups in total. The van der Waals surface area contributed by atoms with Gasteiger partial charge < -0.3 is 9.84 Å². The molecule has 1 aromatic heterocycles. The van der Waals surface area contributed by atoms with Gasteiger partial charge in [-0.25, -0.2) is 0 Å². The summed E-state index contributed by atoms with van der Waals surface area (Å²) < 4.78 is 6.58. The summed E-state index contributed by atoms with van der Waals surface area (Å²) >= 11 is 3.03. The number of aryl methyl sites for hydroxylation is 1. The van der Waals surface area contributed by atoms with Gasteiger partial charge in [0.1, 0.15) is 17.4 Å². The number of allylic oxidation sites excluding steroid dienone is 1. The Morgan fingerprint density at radius 1 is 1.43 bits per heavy atom. The van der Waals surface area contributed by atoms with E-state index >= 15 is 0 Å². The maximum Gasteiger partial charge on any atom is 0.174 e. The van der Waals surface area contributed by atoms with Crippen molar-refractivity contribution in [3.8, 4) is 5.75 Å². The van der Waals surface area contributed by atoms with Crippen molar-refractivity contribution in [2.45, 2.75) is 23.8 Å². The molecule has 0 aliphatic carbocycles. The number of hydrogen-bond donors (Lipinski definition) is 1. The van der Waals surface area contributed by atoms with Crippen LogP contribution < -0.4 is 4.74 Å². The predicted molar refractivity (Wildman–Crippen MR) is 87.2 cm³/mol. The van der Waals surface area contributed by atoms with Gasteiger partial charge in [0.15, 0.2) is 4.34 Å². The van der Waals surface area contributed by atoms with E-state index in [4.69, 9.17) is 4.74 Å². The van der Waals surface area contributed by atoms with Crippen LogP contribution in [0.2, 0.25) is 0 Å². The highest BCUT2D eigenvalue weighted by atomic mass is 32.2. The van der Waals surface area contributed by atoms with Crippen molar-refractivity contribution >= 4 is 23.1 Å². The molecule has 0 aliphatic rings. The molecule has 2 aromatic rings. The van der Waals surface area contributed by atoms with Gasteiger partial charge in [0.2, 0.25) is 0 Å². The average molecular weight is 322 g/mol. The molecule has 4 nitrogen and oxygen atoms in total. The van der Waals surface area contributed by atoms with Crippen LogP contribution in [-0.4, -0.2) is 33.8 Å². The summed E-state index contributed by atoms with van der Waals surface area (Å²) in [6, 6.07) is 7.80. The van der Waals surface area contributed by atoms with E-state index in [1.165, 1.54) is 23.1 Å². The van der Waals surface area contributed by atoms with E-state index in [1.54, 1.807) is 0 Å². The van der Waals surface area contributed by atoms with Crippen LogP contribution in [0.25, 0.3) is 0 Å². The van der Waals surface area contributed by atoms with Crippen LogP contribution in [0.5, 0.6) is 5.75 Å². The van der Waals surface area contributed by atoms with Gasteiger partial charge in [0, 0.05) is 5.75 Å². The molecular formula is C15H18N2O2S2. The molecular weight excluding hydrogens is 304 g/mol.